The Kier molecular flexibility index (Phi) is 4.93. The third kappa shape index (κ3) is 3.81. The topological polar surface area (TPSA) is 88.2 Å². The predicted octanol–water partition coefficient (Wildman–Crippen LogP) is 3.03. The lowest BCUT2D eigenvalue weighted by atomic mass is 10.0. The van der Waals surface area contributed by atoms with E-state index >= 15 is 0 Å². The highest BCUT2D eigenvalue weighted by molar-refractivity contribution is 7.89. The first-order valence-corrected chi connectivity index (χ1v) is 10.4. The van der Waals surface area contributed by atoms with Crippen molar-refractivity contribution in [1.82, 2.24) is 9.71 Å². The number of benzene rings is 2. The summed E-state index contributed by atoms with van der Waals surface area (Å²) in [6.45, 7) is 0. The van der Waals surface area contributed by atoms with Gasteiger partial charge in [-0.05, 0) is 47.9 Å². The summed E-state index contributed by atoms with van der Waals surface area (Å²) in [6.07, 6.45) is 2.51. The predicted molar refractivity (Wildman–Crippen MR) is 106 cm³/mol. The van der Waals surface area contributed by atoms with Crippen molar-refractivity contribution in [3.63, 3.8) is 0 Å². The first kappa shape index (κ1) is 18.3. The molecule has 7 heteroatoms. The maximum absolute atomic E-state index is 13.1. The molecule has 2 heterocycles. The Morgan fingerprint density at radius 3 is 2.50 bits per heavy atom. The SMILES string of the molecule is O=C1CCc2cc(S(=O)(=O)NC(c3ccccc3)c3ccccn3)ccc2N1. The number of anilines is 1. The lowest BCUT2D eigenvalue weighted by molar-refractivity contribution is -0.116. The quantitative estimate of drug-likeness (QED) is 0.697. The summed E-state index contributed by atoms with van der Waals surface area (Å²) in [4.78, 5) is 16.0. The largest absolute Gasteiger partial charge is 0.326 e. The number of sulfonamides is 1. The van der Waals surface area contributed by atoms with Crippen LogP contribution in [0.15, 0.2) is 77.8 Å². The summed E-state index contributed by atoms with van der Waals surface area (Å²) >= 11 is 0. The number of hydrogen-bond donors (Lipinski definition) is 2. The molecule has 142 valence electrons. The van der Waals surface area contributed by atoms with Crippen LogP contribution in [-0.4, -0.2) is 19.3 Å². The summed E-state index contributed by atoms with van der Waals surface area (Å²) in [5, 5.41) is 2.77. The van der Waals surface area contributed by atoms with Gasteiger partial charge < -0.3 is 5.32 Å². The molecule has 0 radical (unpaired) electrons. The van der Waals surface area contributed by atoms with Gasteiger partial charge >= 0.3 is 0 Å². The van der Waals surface area contributed by atoms with Crippen molar-refractivity contribution in [3.05, 3.63) is 89.7 Å². The summed E-state index contributed by atoms with van der Waals surface area (Å²) in [5.74, 6) is -0.0551. The first-order valence-electron chi connectivity index (χ1n) is 8.94. The first-order chi connectivity index (χ1) is 13.5. The van der Waals surface area contributed by atoms with Gasteiger partial charge in [0.25, 0.3) is 0 Å². The van der Waals surface area contributed by atoms with E-state index in [0.29, 0.717) is 24.2 Å². The number of carbonyl (C=O) groups excluding carboxylic acids is 1. The Morgan fingerprint density at radius 2 is 1.75 bits per heavy atom. The molecule has 6 nitrogen and oxygen atoms in total. The molecular weight excluding hydrogens is 374 g/mol. The van der Waals surface area contributed by atoms with Crippen LogP contribution in [0, 0.1) is 0 Å². The molecule has 1 aromatic heterocycles. The van der Waals surface area contributed by atoms with Gasteiger partial charge in [-0.2, -0.15) is 4.72 Å². The van der Waals surface area contributed by atoms with Crippen LogP contribution >= 0.6 is 0 Å². The van der Waals surface area contributed by atoms with E-state index in [1.54, 1.807) is 30.5 Å². The smallest absolute Gasteiger partial charge is 0.241 e. The molecular formula is C21H19N3O3S. The monoisotopic (exact) mass is 393 g/mol. The molecule has 0 saturated carbocycles. The molecule has 4 rings (SSSR count). The molecule has 1 aliphatic rings. The molecule has 1 unspecified atom stereocenters. The van der Waals surface area contributed by atoms with Crippen molar-refractivity contribution in [2.45, 2.75) is 23.8 Å². The average Bonchev–Trinajstić information content (AvgIpc) is 2.73. The van der Waals surface area contributed by atoms with E-state index in [1.807, 2.05) is 36.4 Å². The summed E-state index contributed by atoms with van der Waals surface area (Å²) in [5.41, 5.74) is 2.90. The summed E-state index contributed by atoms with van der Waals surface area (Å²) in [6, 6.07) is 18.9. The van der Waals surface area contributed by atoms with Crippen LogP contribution in [-0.2, 0) is 21.2 Å². The Morgan fingerprint density at radius 1 is 0.964 bits per heavy atom. The van der Waals surface area contributed by atoms with Crippen LogP contribution in [0.2, 0.25) is 0 Å². The number of rotatable bonds is 5. The Hall–Kier alpha value is -3.03. The van der Waals surface area contributed by atoms with E-state index in [2.05, 4.69) is 15.0 Å². The van der Waals surface area contributed by atoms with Gasteiger partial charge in [0.05, 0.1) is 16.6 Å². The molecule has 0 spiro atoms. The number of amides is 1. The van der Waals surface area contributed by atoms with Crippen LogP contribution in [0.3, 0.4) is 0 Å². The van der Waals surface area contributed by atoms with Crippen molar-refractivity contribution in [3.8, 4) is 0 Å². The zero-order chi connectivity index (χ0) is 19.6. The number of aryl methyl sites for hydroxylation is 1. The lowest BCUT2D eigenvalue weighted by Gasteiger charge is -2.21. The molecule has 1 aliphatic heterocycles. The number of fused-ring (bicyclic) bond motifs is 1. The zero-order valence-electron chi connectivity index (χ0n) is 15.0. The molecule has 1 atom stereocenters. The highest BCUT2D eigenvalue weighted by atomic mass is 32.2. The zero-order valence-corrected chi connectivity index (χ0v) is 15.8. The molecule has 0 bridgehead atoms. The molecule has 28 heavy (non-hydrogen) atoms. The van der Waals surface area contributed by atoms with E-state index in [1.165, 1.54) is 6.07 Å². The number of nitrogens with one attached hydrogen (secondary N) is 2. The van der Waals surface area contributed by atoms with Crippen LogP contribution in [0.5, 0.6) is 0 Å². The van der Waals surface area contributed by atoms with E-state index in [4.69, 9.17) is 0 Å². The summed E-state index contributed by atoms with van der Waals surface area (Å²) in [7, 11) is -3.81. The van der Waals surface area contributed by atoms with Gasteiger partial charge in [0.2, 0.25) is 15.9 Å². The van der Waals surface area contributed by atoms with E-state index in [-0.39, 0.29) is 10.8 Å². The third-order valence-electron chi connectivity index (χ3n) is 4.67. The standard InChI is InChI=1S/C21H19N3O3S/c25-20-12-9-16-14-17(10-11-18(16)23-20)28(26,27)24-21(15-6-2-1-3-7-15)19-8-4-5-13-22-19/h1-8,10-11,13-14,21,24H,9,12H2,(H,23,25). The van der Waals surface area contributed by atoms with E-state index in [0.717, 1.165) is 11.1 Å². The third-order valence-corrected chi connectivity index (χ3v) is 6.09. The molecule has 2 N–H and O–H groups in total. The van der Waals surface area contributed by atoms with Gasteiger partial charge in [-0.25, -0.2) is 8.42 Å². The maximum Gasteiger partial charge on any atom is 0.241 e. The minimum atomic E-state index is -3.81. The fraction of sp³-hybridized carbons (Fsp3) is 0.143. The van der Waals surface area contributed by atoms with Crippen molar-refractivity contribution in [2.75, 3.05) is 5.32 Å². The van der Waals surface area contributed by atoms with Gasteiger partial charge in [-0.3, -0.25) is 9.78 Å². The van der Waals surface area contributed by atoms with Crippen LogP contribution < -0.4 is 10.0 Å². The number of pyridine rings is 1. The second-order valence-electron chi connectivity index (χ2n) is 6.59. The van der Waals surface area contributed by atoms with Crippen LogP contribution in [0.25, 0.3) is 0 Å². The van der Waals surface area contributed by atoms with Gasteiger partial charge in [0.1, 0.15) is 0 Å². The minimum absolute atomic E-state index is 0.0551. The number of aromatic nitrogens is 1. The molecule has 2 aromatic carbocycles. The van der Waals surface area contributed by atoms with E-state index in [9.17, 15) is 13.2 Å². The van der Waals surface area contributed by atoms with Gasteiger partial charge in [0, 0.05) is 18.3 Å². The van der Waals surface area contributed by atoms with Gasteiger partial charge in [-0.1, -0.05) is 36.4 Å². The second-order valence-corrected chi connectivity index (χ2v) is 8.30. The van der Waals surface area contributed by atoms with Crippen molar-refractivity contribution >= 4 is 21.6 Å². The molecule has 1 amide bonds. The van der Waals surface area contributed by atoms with Gasteiger partial charge in [0.15, 0.2) is 0 Å². The fourth-order valence-electron chi connectivity index (χ4n) is 3.24. The van der Waals surface area contributed by atoms with E-state index < -0.39 is 16.1 Å². The highest BCUT2D eigenvalue weighted by Gasteiger charge is 2.25. The van der Waals surface area contributed by atoms with Crippen LogP contribution in [0.1, 0.15) is 29.3 Å². The highest BCUT2D eigenvalue weighted by Crippen LogP contribution is 2.27. The fourth-order valence-corrected chi connectivity index (χ4v) is 4.49. The molecule has 3 aromatic rings. The Bertz CT molecular complexity index is 1060. The molecule has 0 saturated heterocycles. The Balaban J connectivity index is 1.69. The number of hydrogen-bond acceptors (Lipinski definition) is 4. The van der Waals surface area contributed by atoms with Gasteiger partial charge in [-0.15, -0.1) is 0 Å². The molecule has 0 aliphatic carbocycles. The van der Waals surface area contributed by atoms with Crippen molar-refractivity contribution in [1.29, 1.82) is 0 Å². The van der Waals surface area contributed by atoms with Crippen molar-refractivity contribution in [2.24, 2.45) is 0 Å². The van der Waals surface area contributed by atoms with Crippen molar-refractivity contribution < 1.29 is 13.2 Å². The normalized spacial score (nSPS) is 14.8. The number of carbonyl (C=O) groups is 1. The minimum Gasteiger partial charge on any atom is -0.326 e. The average molecular weight is 393 g/mol. The Labute approximate surface area is 163 Å². The molecule has 0 fully saturated rings. The summed E-state index contributed by atoms with van der Waals surface area (Å²) < 4.78 is 29.0. The number of nitrogens with zero attached hydrogens (tertiary/aromatic N) is 1. The lowest BCUT2D eigenvalue weighted by Crippen LogP contribution is -2.30. The maximum atomic E-state index is 13.1. The second kappa shape index (κ2) is 7.53. The van der Waals surface area contributed by atoms with Crippen LogP contribution in [0.4, 0.5) is 5.69 Å².